The molecule has 28 heavy (non-hydrogen) atoms. The maximum absolute atomic E-state index is 4.93. The molecule has 0 fully saturated rings. The summed E-state index contributed by atoms with van der Waals surface area (Å²) in [7, 11) is 9.87. The van der Waals surface area contributed by atoms with Gasteiger partial charge in [0, 0.05) is 0 Å². The first-order valence-corrected chi connectivity index (χ1v) is 16.2. The molecule has 0 saturated heterocycles. The van der Waals surface area contributed by atoms with Gasteiger partial charge in [0.25, 0.3) is 0 Å². The number of fused-ring (bicyclic) bond motifs is 1. The second-order valence-electron chi connectivity index (χ2n) is 8.99. The van der Waals surface area contributed by atoms with E-state index in [1.54, 1.807) is 0 Å². The van der Waals surface area contributed by atoms with E-state index in [4.69, 9.17) is 17.0 Å². The molecule has 3 aromatic carbocycles. The molecule has 0 aliphatic rings. The van der Waals surface area contributed by atoms with Crippen LogP contribution in [0.25, 0.3) is 21.9 Å². The van der Waals surface area contributed by atoms with Gasteiger partial charge in [0.2, 0.25) is 0 Å². The third-order valence-electron chi connectivity index (χ3n) is 5.26. The fourth-order valence-electron chi connectivity index (χ4n) is 3.74. The van der Waals surface area contributed by atoms with Gasteiger partial charge in [-0.2, -0.15) is 6.07 Å². The van der Waals surface area contributed by atoms with E-state index in [1.807, 2.05) is 0 Å². The van der Waals surface area contributed by atoms with E-state index < -0.39 is 20.8 Å². The van der Waals surface area contributed by atoms with E-state index in [1.165, 1.54) is 38.6 Å². The summed E-state index contributed by atoms with van der Waals surface area (Å²) in [5.41, 5.74) is 7.32. The van der Waals surface area contributed by atoms with Crippen LogP contribution in [0.3, 0.4) is 0 Å². The van der Waals surface area contributed by atoms with Crippen LogP contribution in [0.4, 0.5) is 0 Å². The van der Waals surface area contributed by atoms with Crippen molar-refractivity contribution in [3.05, 3.63) is 65.2 Å². The van der Waals surface area contributed by atoms with Gasteiger partial charge in [0.05, 0.1) is 0 Å². The van der Waals surface area contributed by atoms with Crippen LogP contribution in [-0.4, -0.2) is 0 Å². The second kappa shape index (κ2) is 10.0. The van der Waals surface area contributed by atoms with Crippen molar-refractivity contribution in [2.45, 2.75) is 65.7 Å². The Balaban J connectivity index is 0.000000878. The van der Waals surface area contributed by atoms with Crippen molar-refractivity contribution in [3.8, 4) is 11.1 Å². The Hall–Kier alpha value is -0.487. The van der Waals surface area contributed by atoms with Crippen LogP contribution in [0.2, 0.25) is 0 Å². The molecule has 3 aromatic rings. The van der Waals surface area contributed by atoms with Crippen molar-refractivity contribution in [2.24, 2.45) is 0 Å². The van der Waals surface area contributed by atoms with Gasteiger partial charge in [-0.15, -0.1) is 34.5 Å². The Kier molecular flexibility index (Phi) is 8.51. The standard InChI is InChI=1S/C25H31.2ClH.Zr/c1-16(2)20-10-8-9-11-22(20)24-21(17(3)4)13-12-18-14-19(15-23(18)24)25(5,6)7;;;/h8-17H,1-7H3;2*1H;/q-1;;;+2/p-2. The Morgan fingerprint density at radius 1 is 0.857 bits per heavy atom. The minimum atomic E-state index is -0.826. The molecular weight excluding hydrogens is 462 g/mol. The first kappa shape index (κ1) is 23.8. The fraction of sp³-hybridized carbons (Fsp3) is 0.400. The van der Waals surface area contributed by atoms with Gasteiger partial charge < -0.3 is 0 Å². The predicted octanol–water partition coefficient (Wildman–Crippen LogP) is 9.15. The summed E-state index contributed by atoms with van der Waals surface area (Å²) >= 11 is -0.826. The summed E-state index contributed by atoms with van der Waals surface area (Å²) in [5.74, 6) is 1.02. The molecule has 0 unspecified atom stereocenters. The maximum atomic E-state index is 4.93. The molecule has 0 aliphatic carbocycles. The van der Waals surface area contributed by atoms with E-state index in [0.29, 0.717) is 11.8 Å². The van der Waals surface area contributed by atoms with Gasteiger partial charge in [0.15, 0.2) is 0 Å². The topological polar surface area (TPSA) is 0 Å². The molecule has 0 nitrogen and oxygen atoms in total. The average Bonchev–Trinajstić information content (AvgIpc) is 3.06. The number of halogens is 2. The molecule has 0 N–H and O–H groups in total. The molecule has 0 aromatic heterocycles. The fourth-order valence-corrected chi connectivity index (χ4v) is 3.74. The zero-order chi connectivity index (χ0) is 21.1. The van der Waals surface area contributed by atoms with Crippen molar-refractivity contribution in [2.75, 3.05) is 0 Å². The minimum absolute atomic E-state index is 0.172. The zero-order valence-corrected chi connectivity index (χ0v) is 22.0. The third-order valence-corrected chi connectivity index (χ3v) is 5.26. The average molecular weight is 494 g/mol. The Bertz CT molecular complexity index is 914. The second-order valence-corrected chi connectivity index (χ2v) is 12.7. The molecule has 0 atom stereocenters. The molecule has 0 spiro atoms. The normalized spacial score (nSPS) is 11.7. The number of benzene rings is 2. The SMILES string of the molecule is CC(C)c1ccccc1-c1c(C(C)C)ccc2[cH-]c(C(C)(C)C)cc12.[Cl][Zr][Cl]. The summed E-state index contributed by atoms with van der Waals surface area (Å²) in [5, 5.41) is 2.77. The summed E-state index contributed by atoms with van der Waals surface area (Å²) in [6.07, 6.45) is 0. The summed E-state index contributed by atoms with van der Waals surface area (Å²) in [6, 6.07) is 18.4. The molecule has 0 bridgehead atoms. The van der Waals surface area contributed by atoms with Crippen molar-refractivity contribution in [1.82, 2.24) is 0 Å². The van der Waals surface area contributed by atoms with Crippen molar-refractivity contribution < 1.29 is 20.8 Å². The van der Waals surface area contributed by atoms with Gasteiger partial charge >= 0.3 is 37.9 Å². The van der Waals surface area contributed by atoms with Crippen LogP contribution >= 0.6 is 17.0 Å². The quantitative estimate of drug-likeness (QED) is 0.319. The molecule has 3 rings (SSSR count). The summed E-state index contributed by atoms with van der Waals surface area (Å²) in [4.78, 5) is 0. The van der Waals surface area contributed by atoms with Crippen molar-refractivity contribution in [1.29, 1.82) is 0 Å². The molecule has 0 saturated carbocycles. The van der Waals surface area contributed by atoms with Gasteiger partial charge in [-0.3, -0.25) is 0 Å². The van der Waals surface area contributed by atoms with Gasteiger partial charge in [0.1, 0.15) is 0 Å². The van der Waals surface area contributed by atoms with Crippen LogP contribution in [0, 0.1) is 0 Å². The van der Waals surface area contributed by atoms with Crippen LogP contribution in [0.5, 0.6) is 0 Å². The predicted molar refractivity (Wildman–Crippen MR) is 124 cm³/mol. The van der Waals surface area contributed by atoms with E-state index in [2.05, 4.69) is 97.0 Å². The molecule has 0 amide bonds. The molecule has 3 heteroatoms. The van der Waals surface area contributed by atoms with Gasteiger partial charge in [-0.25, -0.2) is 0 Å². The molecule has 150 valence electrons. The van der Waals surface area contributed by atoms with Crippen molar-refractivity contribution in [3.63, 3.8) is 0 Å². The number of hydrogen-bond donors (Lipinski definition) is 0. The van der Waals surface area contributed by atoms with E-state index >= 15 is 0 Å². The molecule has 0 radical (unpaired) electrons. The summed E-state index contributed by atoms with van der Waals surface area (Å²) in [6.45, 7) is 16.1. The van der Waals surface area contributed by atoms with Gasteiger partial charge in [-0.1, -0.05) is 83.9 Å². The zero-order valence-electron chi connectivity index (χ0n) is 18.0. The third kappa shape index (κ3) is 5.35. The van der Waals surface area contributed by atoms with Crippen LogP contribution in [0.1, 0.15) is 77.0 Å². The molecule has 0 aliphatic heterocycles. The van der Waals surface area contributed by atoms with E-state index in [-0.39, 0.29) is 5.41 Å². The van der Waals surface area contributed by atoms with Crippen LogP contribution in [-0.2, 0) is 26.3 Å². The Morgan fingerprint density at radius 2 is 1.43 bits per heavy atom. The summed E-state index contributed by atoms with van der Waals surface area (Å²) < 4.78 is 0. The van der Waals surface area contributed by atoms with E-state index in [0.717, 1.165) is 0 Å². The van der Waals surface area contributed by atoms with Crippen LogP contribution < -0.4 is 0 Å². The monoisotopic (exact) mass is 491 g/mol. The van der Waals surface area contributed by atoms with E-state index in [9.17, 15) is 0 Å². The first-order valence-electron chi connectivity index (χ1n) is 9.91. The first-order chi connectivity index (χ1) is 13.1. The number of hydrogen-bond acceptors (Lipinski definition) is 0. The molecule has 0 heterocycles. The molecular formula is C25H31Cl2Zr-. The Labute approximate surface area is 189 Å². The van der Waals surface area contributed by atoms with Crippen LogP contribution in [0.15, 0.2) is 48.5 Å². The van der Waals surface area contributed by atoms with Crippen molar-refractivity contribution >= 4 is 27.8 Å². The number of rotatable bonds is 3. The van der Waals surface area contributed by atoms with Gasteiger partial charge in [-0.05, 0) is 28.4 Å². The Morgan fingerprint density at radius 3 is 1.96 bits per heavy atom.